The van der Waals surface area contributed by atoms with E-state index in [1.165, 1.54) is 94.2 Å². The van der Waals surface area contributed by atoms with Crippen molar-refractivity contribution in [3.8, 4) is 51.7 Å². The second kappa shape index (κ2) is 14.6. The van der Waals surface area contributed by atoms with E-state index in [0.29, 0.717) is 16.7 Å². The number of benzene rings is 4. The molecule has 0 radical (unpaired) electrons. The van der Waals surface area contributed by atoms with Crippen LogP contribution in [0.3, 0.4) is 0 Å². The van der Waals surface area contributed by atoms with E-state index >= 15 is 0 Å². The first-order chi connectivity index (χ1) is 22.9. The van der Waals surface area contributed by atoms with E-state index in [9.17, 15) is 45.0 Å². The molecule has 12 heteroatoms. The highest BCUT2D eigenvalue weighted by Crippen LogP contribution is 2.45. The summed E-state index contributed by atoms with van der Waals surface area (Å²) in [5.41, 5.74) is 0.0305. The van der Waals surface area contributed by atoms with Crippen LogP contribution in [0.5, 0.6) is 51.7 Å². The fraction of sp³-hybridized carbons (Fsp3) is 0.0833. The lowest BCUT2D eigenvalue weighted by molar-refractivity contribution is 0.103. The van der Waals surface area contributed by atoms with Crippen molar-refractivity contribution in [2.24, 2.45) is 0 Å². The summed E-state index contributed by atoms with van der Waals surface area (Å²) in [6, 6.07) is 11.6. The van der Waals surface area contributed by atoms with Crippen LogP contribution >= 0.6 is 0 Å². The smallest absolute Gasteiger partial charge is 0.193 e. The Morgan fingerprint density at radius 2 is 0.688 bits per heavy atom. The number of aromatic hydroxyl groups is 6. The normalized spacial score (nSPS) is 11.3. The summed E-state index contributed by atoms with van der Waals surface area (Å²) in [5.74, 6) is -5.58. The number of carbonyl (C=O) groups excluding carboxylic acids is 3. The van der Waals surface area contributed by atoms with Crippen LogP contribution in [-0.2, 0) is 0 Å². The molecule has 0 aliphatic carbocycles. The summed E-state index contributed by atoms with van der Waals surface area (Å²) in [6.07, 6.45) is 7.23. The van der Waals surface area contributed by atoms with Crippen molar-refractivity contribution in [3.05, 3.63) is 106 Å². The Kier molecular flexibility index (Phi) is 10.4. The number of ketones is 3. The lowest BCUT2D eigenvalue weighted by Crippen LogP contribution is -2.15. The van der Waals surface area contributed by atoms with E-state index in [0.717, 1.165) is 18.2 Å². The molecule has 0 spiro atoms. The summed E-state index contributed by atoms with van der Waals surface area (Å²) < 4.78 is 16.7. The average molecular weight is 655 g/mol. The van der Waals surface area contributed by atoms with E-state index in [1.807, 2.05) is 0 Å². The first kappa shape index (κ1) is 34.2. The highest BCUT2D eigenvalue weighted by molar-refractivity contribution is 6.22. The maximum absolute atomic E-state index is 13.8. The zero-order chi connectivity index (χ0) is 35.1. The van der Waals surface area contributed by atoms with Crippen LogP contribution in [0.15, 0.2) is 72.8 Å². The maximum Gasteiger partial charge on any atom is 0.193 e. The predicted molar refractivity (Wildman–Crippen MR) is 176 cm³/mol. The Labute approximate surface area is 274 Å². The molecule has 0 atom stereocenters. The molecule has 0 aliphatic heterocycles. The van der Waals surface area contributed by atoms with Crippen molar-refractivity contribution < 1.29 is 59.2 Å². The summed E-state index contributed by atoms with van der Waals surface area (Å²) in [5, 5.41) is 58.5. The SMILES string of the molecule is COc1c(C(=O)/C=C/c2ccc(O)c(O)c2)c(OC)c(C(=O)/C=C/c2ccc(O)c(O)c2)c(OC)c1C(=O)/C=C/c1ccc(O)c(O)c1. The monoisotopic (exact) mass is 654 g/mol. The molecular formula is C36H30O12. The molecule has 246 valence electrons. The van der Waals surface area contributed by atoms with E-state index in [-0.39, 0.29) is 51.2 Å². The first-order valence-electron chi connectivity index (χ1n) is 14.0. The zero-order valence-electron chi connectivity index (χ0n) is 25.8. The summed E-state index contributed by atoms with van der Waals surface area (Å²) in [4.78, 5) is 41.4. The van der Waals surface area contributed by atoms with Gasteiger partial charge in [-0.3, -0.25) is 14.4 Å². The van der Waals surface area contributed by atoms with Gasteiger partial charge in [0.2, 0.25) is 0 Å². The van der Waals surface area contributed by atoms with Gasteiger partial charge in [-0.15, -0.1) is 0 Å². The van der Waals surface area contributed by atoms with Gasteiger partial charge >= 0.3 is 0 Å². The molecule has 0 fully saturated rings. The minimum Gasteiger partial charge on any atom is -0.504 e. The van der Waals surface area contributed by atoms with E-state index in [2.05, 4.69) is 0 Å². The fourth-order valence-corrected chi connectivity index (χ4v) is 4.67. The van der Waals surface area contributed by atoms with Gasteiger partial charge in [0.1, 0.15) is 33.9 Å². The molecule has 0 unspecified atom stereocenters. The fourth-order valence-electron chi connectivity index (χ4n) is 4.67. The Morgan fingerprint density at radius 3 is 0.896 bits per heavy atom. The second-order valence-corrected chi connectivity index (χ2v) is 10.1. The topological polar surface area (TPSA) is 200 Å². The van der Waals surface area contributed by atoms with Gasteiger partial charge in [-0.05, 0) is 71.3 Å². The number of allylic oxidation sites excluding steroid dienone is 3. The second-order valence-electron chi connectivity index (χ2n) is 10.1. The lowest BCUT2D eigenvalue weighted by atomic mass is 9.92. The van der Waals surface area contributed by atoms with Crippen LogP contribution in [0.4, 0.5) is 0 Å². The standard InChI is InChI=1S/C36H30O12/c1-46-34-31(25(40)13-7-19-4-10-22(37)28(43)16-19)35(47-2)33(27(42)15-9-21-6-12-24(39)30(45)18-21)36(48-3)32(34)26(41)14-8-20-5-11-23(38)29(44)17-20/h4-18,37-39,43-45H,1-3H3/b13-7+,14-8+,15-9+. The number of phenols is 6. The summed E-state index contributed by atoms with van der Waals surface area (Å²) in [6.45, 7) is 0. The van der Waals surface area contributed by atoms with Crippen molar-refractivity contribution in [3.63, 3.8) is 0 Å². The number of ether oxygens (including phenoxy) is 3. The molecule has 0 saturated heterocycles. The van der Waals surface area contributed by atoms with E-state index in [1.54, 1.807) is 0 Å². The molecule has 48 heavy (non-hydrogen) atoms. The quantitative estimate of drug-likeness (QED) is 0.0625. The van der Waals surface area contributed by atoms with Gasteiger partial charge in [0.15, 0.2) is 51.8 Å². The van der Waals surface area contributed by atoms with E-state index in [4.69, 9.17) is 14.2 Å². The Balaban J connectivity index is 1.94. The molecule has 4 rings (SSSR count). The van der Waals surface area contributed by atoms with Gasteiger partial charge in [-0.2, -0.15) is 0 Å². The molecule has 0 bridgehead atoms. The molecule has 0 heterocycles. The molecule has 4 aromatic rings. The summed E-state index contributed by atoms with van der Waals surface area (Å²) >= 11 is 0. The Morgan fingerprint density at radius 1 is 0.438 bits per heavy atom. The first-order valence-corrected chi connectivity index (χ1v) is 14.0. The van der Waals surface area contributed by atoms with Crippen LogP contribution in [-0.4, -0.2) is 69.3 Å². The zero-order valence-corrected chi connectivity index (χ0v) is 25.8. The number of carbonyl (C=O) groups is 3. The lowest BCUT2D eigenvalue weighted by Gasteiger charge is -2.21. The molecular weight excluding hydrogens is 624 g/mol. The van der Waals surface area contributed by atoms with Crippen LogP contribution in [0.1, 0.15) is 47.8 Å². The van der Waals surface area contributed by atoms with Crippen LogP contribution in [0, 0.1) is 0 Å². The van der Waals surface area contributed by atoms with Gasteiger partial charge in [0.25, 0.3) is 0 Å². The van der Waals surface area contributed by atoms with Gasteiger partial charge < -0.3 is 44.8 Å². The minimum absolute atomic E-state index is 0.293. The van der Waals surface area contributed by atoms with Gasteiger partial charge in [0, 0.05) is 0 Å². The third-order valence-corrected chi connectivity index (χ3v) is 6.99. The Bertz CT molecular complexity index is 1750. The van der Waals surface area contributed by atoms with Crippen molar-refractivity contribution in [1.29, 1.82) is 0 Å². The highest BCUT2D eigenvalue weighted by atomic mass is 16.5. The molecule has 4 aromatic carbocycles. The highest BCUT2D eigenvalue weighted by Gasteiger charge is 2.34. The molecule has 12 nitrogen and oxygen atoms in total. The van der Waals surface area contributed by atoms with Gasteiger partial charge in [-0.25, -0.2) is 0 Å². The Hall–Kier alpha value is -6.69. The largest absolute Gasteiger partial charge is 0.504 e. The third-order valence-electron chi connectivity index (χ3n) is 6.99. The summed E-state index contributed by atoms with van der Waals surface area (Å²) in [7, 11) is 3.59. The van der Waals surface area contributed by atoms with Gasteiger partial charge in [0.05, 0.1) is 21.3 Å². The molecule has 6 N–H and O–H groups in total. The van der Waals surface area contributed by atoms with E-state index < -0.39 is 34.6 Å². The molecule has 0 amide bonds. The number of methoxy groups -OCH3 is 3. The van der Waals surface area contributed by atoms with Crippen LogP contribution in [0.2, 0.25) is 0 Å². The molecule has 0 saturated carbocycles. The average Bonchev–Trinajstić information content (AvgIpc) is 3.07. The van der Waals surface area contributed by atoms with Gasteiger partial charge in [-0.1, -0.05) is 36.4 Å². The number of phenolic OH excluding ortho intramolecular Hbond substituents is 6. The molecule has 0 aliphatic rings. The van der Waals surface area contributed by atoms with Crippen LogP contribution in [0.25, 0.3) is 18.2 Å². The minimum atomic E-state index is -0.776. The predicted octanol–water partition coefficient (Wildman–Crippen LogP) is 5.63. The third kappa shape index (κ3) is 7.23. The maximum atomic E-state index is 13.8. The van der Waals surface area contributed by atoms with Crippen LogP contribution < -0.4 is 14.2 Å². The van der Waals surface area contributed by atoms with Crippen molar-refractivity contribution in [2.75, 3.05) is 21.3 Å². The van der Waals surface area contributed by atoms with Crippen molar-refractivity contribution in [1.82, 2.24) is 0 Å². The van der Waals surface area contributed by atoms with Crippen molar-refractivity contribution in [2.45, 2.75) is 0 Å². The molecule has 0 aromatic heterocycles. The number of hydrogen-bond acceptors (Lipinski definition) is 12. The van der Waals surface area contributed by atoms with Crippen molar-refractivity contribution >= 4 is 35.6 Å². The number of hydrogen-bond donors (Lipinski definition) is 6. The number of rotatable bonds is 12.